The topological polar surface area (TPSA) is 88.9 Å². The van der Waals surface area contributed by atoms with Crippen LogP contribution in [-0.2, 0) is 17.8 Å². The number of nitrogens with zero attached hydrogens (tertiary/aromatic N) is 2. The highest BCUT2D eigenvalue weighted by atomic mass is 79.9. The Balaban J connectivity index is 1.80. The minimum atomic E-state index is -0.820. The van der Waals surface area contributed by atoms with Crippen LogP contribution in [0, 0.1) is 0 Å². The van der Waals surface area contributed by atoms with Crippen LogP contribution in [0.5, 0.6) is 5.88 Å². The second-order valence-corrected chi connectivity index (χ2v) is 9.41. The summed E-state index contributed by atoms with van der Waals surface area (Å²) in [6, 6.07) is 21.5. The quantitative estimate of drug-likeness (QED) is 0.253. The van der Waals surface area contributed by atoms with Crippen molar-refractivity contribution in [2.24, 2.45) is 4.99 Å². The summed E-state index contributed by atoms with van der Waals surface area (Å²) in [5.74, 6) is -0.773. The summed E-state index contributed by atoms with van der Waals surface area (Å²) in [6.07, 6.45) is 0.541. The molecular weight excluding hydrogens is 494 g/mol. The van der Waals surface area contributed by atoms with Gasteiger partial charge in [0.05, 0.1) is 22.5 Å². The monoisotopic (exact) mass is 519 g/mol. The Morgan fingerprint density at radius 1 is 1.00 bits per heavy atom. The van der Waals surface area contributed by atoms with E-state index in [0.717, 1.165) is 38.7 Å². The van der Waals surface area contributed by atoms with Gasteiger partial charge in [-0.1, -0.05) is 58.4 Å². The van der Waals surface area contributed by atoms with Crippen molar-refractivity contribution >= 4 is 44.2 Å². The molecule has 3 aromatic carbocycles. The number of aryl methyl sites for hydroxylation is 1. The van der Waals surface area contributed by atoms with Crippen molar-refractivity contribution in [1.82, 2.24) is 9.88 Å². The molecule has 0 fully saturated rings. The van der Waals surface area contributed by atoms with Crippen LogP contribution in [0.4, 0.5) is 5.69 Å². The molecule has 0 aliphatic carbocycles. The maximum Gasteiger partial charge on any atom is 0.303 e. The number of carbonyl (C=O) groups is 1. The number of carboxylic acid groups (broad SMARTS) is 1. The molecule has 7 heteroatoms. The lowest BCUT2D eigenvalue weighted by molar-refractivity contribution is -0.136. The number of H-pyrrole nitrogens is 1. The summed E-state index contributed by atoms with van der Waals surface area (Å²) in [5, 5.41) is 20.7. The first-order valence-electron chi connectivity index (χ1n) is 10.9. The molecule has 0 amide bonds. The molecule has 0 aliphatic heterocycles. The van der Waals surface area contributed by atoms with Gasteiger partial charge < -0.3 is 20.1 Å². The number of halogens is 1. The molecule has 1 heterocycles. The molecule has 0 atom stereocenters. The number of carboxylic acids is 1. The van der Waals surface area contributed by atoms with Crippen molar-refractivity contribution in [3.05, 3.63) is 93.5 Å². The first-order chi connectivity index (χ1) is 16.3. The standard InChI is InChI=1S/C27H26BrN3O3/c1-31(2)16-18-5-11-21(12-6-18)29-26(19-8-3-17(4-9-19)7-14-24(32)33)25-22-13-10-20(28)15-23(22)30-27(25)34/h3-6,8-13,15,30,34H,7,14,16H2,1-2H3,(H,32,33). The zero-order chi connectivity index (χ0) is 24.2. The van der Waals surface area contributed by atoms with Crippen molar-refractivity contribution in [2.45, 2.75) is 19.4 Å². The molecule has 4 aromatic rings. The highest BCUT2D eigenvalue weighted by Crippen LogP contribution is 2.33. The smallest absolute Gasteiger partial charge is 0.303 e. The summed E-state index contributed by atoms with van der Waals surface area (Å²) >= 11 is 3.48. The van der Waals surface area contributed by atoms with Crippen LogP contribution in [0.1, 0.15) is 28.7 Å². The molecule has 0 saturated carbocycles. The fourth-order valence-electron chi connectivity index (χ4n) is 3.91. The summed E-state index contributed by atoms with van der Waals surface area (Å²) in [4.78, 5) is 21.0. The second-order valence-electron chi connectivity index (χ2n) is 8.49. The van der Waals surface area contributed by atoms with Crippen LogP contribution in [0.25, 0.3) is 10.9 Å². The maximum atomic E-state index is 10.9. The molecule has 0 bridgehead atoms. The number of nitrogens with one attached hydrogen (secondary N) is 1. The largest absolute Gasteiger partial charge is 0.494 e. The van der Waals surface area contributed by atoms with E-state index < -0.39 is 5.97 Å². The summed E-state index contributed by atoms with van der Waals surface area (Å²) < 4.78 is 0.908. The molecule has 6 nitrogen and oxygen atoms in total. The fraction of sp³-hybridized carbons (Fsp3) is 0.185. The minimum absolute atomic E-state index is 0.0473. The van der Waals surface area contributed by atoms with E-state index in [1.807, 2.05) is 68.7 Å². The minimum Gasteiger partial charge on any atom is -0.494 e. The first kappa shape index (κ1) is 23.7. The summed E-state index contributed by atoms with van der Waals surface area (Å²) in [6.45, 7) is 0.840. The number of fused-ring (bicyclic) bond motifs is 1. The van der Waals surface area contributed by atoms with Gasteiger partial charge in [0.1, 0.15) is 0 Å². The zero-order valence-electron chi connectivity index (χ0n) is 19.0. The summed E-state index contributed by atoms with van der Waals surface area (Å²) in [5.41, 5.74) is 5.79. The average Bonchev–Trinajstić information content (AvgIpc) is 3.11. The molecular formula is C27H26BrN3O3. The number of aromatic hydroxyl groups is 1. The Bertz CT molecular complexity index is 1340. The van der Waals surface area contributed by atoms with Crippen LogP contribution in [0.3, 0.4) is 0 Å². The van der Waals surface area contributed by atoms with E-state index in [1.54, 1.807) is 0 Å². The number of rotatable bonds is 8. The van der Waals surface area contributed by atoms with E-state index in [-0.39, 0.29) is 12.3 Å². The normalized spacial score (nSPS) is 11.9. The van der Waals surface area contributed by atoms with Crippen LogP contribution < -0.4 is 0 Å². The highest BCUT2D eigenvalue weighted by Gasteiger charge is 2.19. The molecule has 0 radical (unpaired) electrons. The van der Waals surface area contributed by atoms with Crippen LogP contribution in [-0.4, -0.2) is 45.9 Å². The number of aromatic amines is 1. The molecule has 0 aliphatic rings. The third-order valence-electron chi connectivity index (χ3n) is 5.51. The van der Waals surface area contributed by atoms with Crippen molar-refractivity contribution in [2.75, 3.05) is 14.1 Å². The number of aliphatic carboxylic acids is 1. The van der Waals surface area contributed by atoms with E-state index in [2.05, 4.69) is 37.9 Å². The zero-order valence-corrected chi connectivity index (χ0v) is 20.6. The molecule has 3 N–H and O–H groups in total. The van der Waals surface area contributed by atoms with E-state index in [1.165, 1.54) is 5.56 Å². The van der Waals surface area contributed by atoms with E-state index in [4.69, 9.17) is 10.1 Å². The van der Waals surface area contributed by atoms with Crippen molar-refractivity contribution in [3.8, 4) is 5.88 Å². The number of hydrogen-bond donors (Lipinski definition) is 3. The number of aromatic nitrogens is 1. The third kappa shape index (κ3) is 5.55. The van der Waals surface area contributed by atoms with Crippen molar-refractivity contribution < 1.29 is 15.0 Å². The van der Waals surface area contributed by atoms with Gasteiger partial charge in [-0.3, -0.25) is 4.79 Å². The molecule has 0 unspecified atom stereocenters. The van der Waals surface area contributed by atoms with Crippen molar-refractivity contribution in [1.29, 1.82) is 0 Å². The van der Waals surface area contributed by atoms with Gasteiger partial charge in [-0.05, 0) is 55.9 Å². The van der Waals surface area contributed by atoms with Gasteiger partial charge in [0.25, 0.3) is 0 Å². The molecule has 34 heavy (non-hydrogen) atoms. The Hall–Kier alpha value is -3.42. The maximum absolute atomic E-state index is 10.9. The molecule has 174 valence electrons. The van der Waals surface area contributed by atoms with Gasteiger partial charge in [0.2, 0.25) is 0 Å². The lowest BCUT2D eigenvalue weighted by Crippen LogP contribution is -2.10. The first-order valence-corrected chi connectivity index (χ1v) is 11.7. The number of aliphatic imine (C=N–C) groups is 1. The van der Waals surface area contributed by atoms with Crippen LogP contribution in [0.2, 0.25) is 0 Å². The highest BCUT2D eigenvalue weighted by molar-refractivity contribution is 9.10. The summed E-state index contributed by atoms with van der Waals surface area (Å²) in [7, 11) is 4.06. The van der Waals surface area contributed by atoms with Crippen molar-refractivity contribution in [3.63, 3.8) is 0 Å². The van der Waals surface area contributed by atoms with Crippen LogP contribution >= 0.6 is 15.9 Å². The second kappa shape index (κ2) is 10.2. The lowest BCUT2D eigenvalue weighted by atomic mass is 9.98. The van der Waals surface area contributed by atoms with Crippen LogP contribution in [0.15, 0.2) is 76.2 Å². The fourth-order valence-corrected chi connectivity index (χ4v) is 4.27. The molecule has 0 spiro atoms. The van der Waals surface area contributed by atoms with E-state index in [0.29, 0.717) is 17.7 Å². The Kier molecular flexibility index (Phi) is 7.14. The lowest BCUT2D eigenvalue weighted by Gasteiger charge is -2.11. The predicted octanol–water partition coefficient (Wildman–Crippen LogP) is 5.88. The predicted molar refractivity (Wildman–Crippen MR) is 139 cm³/mol. The van der Waals surface area contributed by atoms with Gasteiger partial charge in [0, 0.05) is 28.4 Å². The van der Waals surface area contributed by atoms with E-state index in [9.17, 15) is 9.90 Å². The van der Waals surface area contributed by atoms with E-state index >= 15 is 0 Å². The molecule has 0 saturated heterocycles. The molecule has 4 rings (SSSR count). The Labute approximate surface area is 206 Å². The SMILES string of the molecule is CN(C)Cc1ccc(N=C(c2ccc(CCC(=O)O)cc2)c2c(O)[nH]c3cc(Br)ccc23)cc1. The Morgan fingerprint density at radius 3 is 2.32 bits per heavy atom. The van der Waals surface area contributed by atoms with Gasteiger partial charge in [-0.2, -0.15) is 0 Å². The number of benzene rings is 3. The average molecular weight is 520 g/mol. The van der Waals surface area contributed by atoms with Gasteiger partial charge in [-0.15, -0.1) is 0 Å². The number of hydrogen-bond acceptors (Lipinski definition) is 4. The third-order valence-corrected chi connectivity index (χ3v) is 6.00. The molecule has 1 aromatic heterocycles. The van der Waals surface area contributed by atoms with Gasteiger partial charge in [-0.25, -0.2) is 4.99 Å². The van der Waals surface area contributed by atoms with Gasteiger partial charge in [0.15, 0.2) is 5.88 Å². The van der Waals surface area contributed by atoms with Gasteiger partial charge >= 0.3 is 5.97 Å². The Morgan fingerprint density at radius 2 is 1.68 bits per heavy atom.